The van der Waals surface area contributed by atoms with Crippen molar-refractivity contribution >= 4 is 35.0 Å². The zero-order chi connectivity index (χ0) is 18.5. The molecule has 6 nitrogen and oxygen atoms in total. The number of thioether (sulfide) groups is 1. The van der Waals surface area contributed by atoms with Crippen LogP contribution in [-0.4, -0.2) is 26.4 Å². The number of furan rings is 1. The van der Waals surface area contributed by atoms with E-state index in [2.05, 4.69) is 22.1 Å². The van der Waals surface area contributed by atoms with E-state index in [4.69, 9.17) is 16.0 Å². The van der Waals surface area contributed by atoms with Gasteiger partial charge in [0.1, 0.15) is 0 Å². The van der Waals surface area contributed by atoms with Crippen molar-refractivity contribution < 1.29 is 9.21 Å². The molecule has 0 radical (unpaired) electrons. The lowest BCUT2D eigenvalue weighted by atomic mass is 10.2. The predicted molar refractivity (Wildman–Crippen MR) is 103 cm³/mol. The summed E-state index contributed by atoms with van der Waals surface area (Å²) < 4.78 is 7.25. The number of nitrogens with one attached hydrogen (secondary N) is 1. The summed E-state index contributed by atoms with van der Waals surface area (Å²) in [5.74, 6) is 1.26. The Morgan fingerprint density at radius 2 is 2.27 bits per heavy atom. The molecule has 3 aromatic rings. The lowest BCUT2D eigenvalue weighted by Crippen LogP contribution is -2.15. The van der Waals surface area contributed by atoms with Crippen LogP contribution in [0.1, 0.15) is 5.56 Å². The molecule has 1 N–H and O–H groups in total. The van der Waals surface area contributed by atoms with Crippen molar-refractivity contribution in [2.24, 2.45) is 0 Å². The second-order valence-electron chi connectivity index (χ2n) is 5.48. The van der Waals surface area contributed by atoms with Crippen LogP contribution >= 0.6 is 23.4 Å². The third-order valence-electron chi connectivity index (χ3n) is 3.58. The highest BCUT2D eigenvalue weighted by Gasteiger charge is 2.16. The first-order valence-corrected chi connectivity index (χ1v) is 9.21. The Balaban J connectivity index is 1.70. The summed E-state index contributed by atoms with van der Waals surface area (Å²) in [6, 6.07) is 8.98. The average molecular weight is 389 g/mol. The quantitative estimate of drug-likeness (QED) is 0.479. The van der Waals surface area contributed by atoms with Crippen LogP contribution in [0.4, 0.5) is 5.69 Å². The maximum atomic E-state index is 12.3. The van der Waals surface area contributed by atoms with Crippen LogP contribution in [0.3, 0.4) is 0 Å². The zero-order valence-corrected chi connectivity index (χ0v) is 15.7. The van der Waals surface area contributed by atoms with Gasteiger partial charge in [-0.2, -0.15) is 0 Å². The van der Waals surface area contributed by atoms with Gasteiger partial charge in [-0.3, -0.25) is 9.36 Å². The summed E-state index contributed by atoms with van der Waals surface area (Å²) in [5.41, 5.74) is 1.65. The number of benzene rings is 1. The summed E-state index contributed by atoms with van der Waals surface area (Å²) in [7, 11) is 0. The van der Waals surface area contributed by atoms with E-state index in [1.807, 2.05) is 23.6 Å². The van der Waals surface area contributed by atoms with Crippen molar-refractivity contribution in [2.45, 2.75) is 18.6 Å². The Bertz CT molecular complexity index is 921. The molecule has 0 aliphatic carbocycles. The van der Waals surface area contributed by atoms with Gasteiger partial charge < -0.3 is 9.73 Å². The molecule has 0 fully saturated rings. The number of amides is 1. The minimum absolute atomic E-state index is 0.145. The van der Waals surface area contributed by atoms with Crippen molar-refractivity contribution in [3.05, 3.63) is 59.8 Å². The number of carbonyl (C=O) groups excluding carboxylic acids is 1. The summed E-state index contributed by atoms with van der Waals surface area (Å²) in [6.07, 6.45) is 3.32. The molecule has 0 saturated heterocycles. The van der Waals surface area contributed by atoms with Crippen molar-refractivity contribution in [2.75, 3.05) is 11.1 Å². The minimum atomic E-state index is -0.145. The minimum Gasteiger partial charge on any atom is -0.461 e. The Hall–Kier alpha value is -2.51. The van der Waals surface area contributed by atoms with Crippen LogP contribution in [0.15, 0.2) is 58.8 Å². The molecular formula is C18H17ClN4O2S. The maximum Gasteiger partial charge on any atom is 0.234 e. The van der Waals surface area contributed by atoms with Crippen molar-refractivity contribution in [1.82, 2.24) is 14.8 Å². The highest BCUT2D eigenvalue weighted by atomic mass is 35.5. The number of carbonyl (C=O) groups is 1. The molecule has 2 aromatic heterocycles. The van der Waals surface area contributed by atoms with Gasteiger partial charge in [0.2, 0.25) is 11.7 Å². The van der Waals surface area contributed by atoms with E-state index < -0.39 is 0 Å². The van der Waals surface area contributed by atoms with E-state index in [0.29, 0.717) is 34.0 Å². The molecule has 0 aliphatic rings. The molecule has 0 bridgehead atoms. The van der Waals surface area contributed by atoms with Gasteiger partial charge in [-0.25, -0.2) is 0 Å². The molecule has 1 amide bonds. The van der Waals surface area contributed by atoms with Gasteiger partial charge in [0.25, 0.3) is 0 Å². The monoisotopic (exact) mass is 388 g/mol. The number of allylic oxidation sites excluding steroid dienone is 1. The molecule has 0 aliphatic heterocycles. The van der Waals surface area contributed by atoms with E-state index in [9.17, 15) is 4.79 Å². The summed E-state index contributed by atoms with van der Waals surface area (Å²) >= 11 is 7.28. The van der Waals surface area contributed by atoms with E-state index >= 15 is 0 Å². The van der Waals surface area contributed by atoms with Crippen molar-refractivity contribution in [3.63, 3.8) is 0 Å². The van der Waals surface area contributed by atoms with Gasteiger partial charge in [-0.05, 0) is 36.8 Å². The second kappa shape index (κ2) is 8.25. The van der Waals surface area contributed by atoms with Gasteiger partial charge in [-0.15, -0.1) is 16.8 Å². The molecule has 0 unspecified atom stereocenters. The van der Waals surface area contributed by atoms with Crippen LogP contribution in [0.2, 0.25) is 5.02 Å². The highest BCUT2D eigenvalue weighted by molar-refractivity contribution is 7.99. The second-order valence-corrected chi connectivity index (χ2v) is 6.86. The fourth-order valence-electron chi connectivity index (χ4n) is 2.32. The average Bonchev–Trinajstić information content (AvgIpc) is 3.26. The Morgan fingerprint density at radius 1 is 1.42 bits per heavy atom. The SMILES string of the molecule is C=CCn1c(SCC(=O)Nc2cc(Cl)ccc2C)nnc1-c1ccco1. The summed E-state index contributed by atoms with van der Waals surface area (Å²) in [4.78, 5) is 12.3. The van der Waals surface area contributed by atoms with Gasteiger partial charge in [-0.1, -0.05) is 35.5 Å². The number of nitrogens with zero attached hydrogens (tertiary/aromatic N) is 3. The summed E-state index contributed by atoms with van der Waals surface area (Å²) in [6.45, 7) is 6.19. The number of rotatable bonds is 7. The molecule has 3 rings (SSSR count). The maximum absolute atomic E-state index is 12.3. The van der Waals surface area contributed by atoms with Gasteiger partial charge in [0, 0.05) is 17.3 Å². The fourth-order valence-corrected chi connectivity index (χ4v) is 3.24. The van der Waals surface area contributed by atoms with E-state index in [1.54, 1.807) is 30.5 Å². The van der Waals surface area contributed by atoms with E-state index in [0.717, 1.165) is 5.56 Å². The number of aromatic nitrogens is 3. The molecule has 0 saturated carbocycles. The largest absolute Gasteiger partial charge is 0.461 e. The molecule has 134 valence electrons. The molecule has 26 heavy (non-hydrogen) atoms. The topological polar surface area (TPSA) is 73.0 Å². The first-order valence-electron chi connectivity index (χ1n) is 7.85. The van der Waals surface area contributed by atoms with Crippen LogP contribution in [0.25, 0.3) is 11.6 Å². The standard InChI is InChI=1S/C18H17ClN4O2S/c1-3-8-23-17(15-5-4-9-25-15)21-22-18(23)26-11-16(24)20-14-10-13(19)7-6-12(14)2/h3-7,9-10H,1,8,11H2,2H3,(H,20,24). The highest BCUT2D eigenvalue weighted by Crippen LogP contribution is 2.25. The predicted octanol–water partition coefficient (Wildman–Crippen LogP) is 4.42. The lowest BCUT2D eigenvalue weighted by Gasteiger charge is -2.09. The first kappa shape index (κ1) is 18.3. The molecule has 8 heteroatoms. The van der Waals surface area contributed by atoms with Crippen LogP contribution in [-0.2, 0) is 11.3 Å². The summed E-state index contributed by atoms with van der Waals surface area (Å²) in [5, 5.41) is 12.4. The fraction of sp³-hybridized carbons (Fsp3) is 0.167. The number of halogens is 1. The van der Waals surface area contributed by atoms with Gasteiger partial charge >= 0.3 is 0 Å². The Labute approximate surface area is 160 Å². The smallest absolute Gasteiger partial charge is 0.234 e. The normalized spacial score (nSPS) is 10.7. The molecule has 0 atom stereocenters. The van der Waals surface area contributed by atoms with Crippen LogP contribution < -0.4 is 5.32 Å². The van der Waals surface area contributed by atoms with Crippen LogP contribution in [0, 0.1) is 6.92 Å². The molecular weight excluding hydrogens is 372 g/mol. The Morgan fingerprint density at radius 3 is 3.00 bits per heavy atom. The van der Waals surface area contributed by atoms with E-state index in [1.165, 1.54) is 11.8 Å². The first-order chi connectivity index (χ1) is 12.6. The molecule has 1 aromatic carbocycles. The number of hydrogen-bond acceptors (Lipinski definition) is 5. The molecule has 2 heterocycles. The van der Waals surface area contributed by atoms with Crippen LogP contribution in [0.5, 0.6) is 0 Å². The third kappa shape index (κ3) is 4.17. The molecule has 0 spiro atoms. The Kier molecular flexibility index (Phi) is 5.80. The van der Waals surface area contributed by atoms with Crippen molar-refractivity contribution in [1.29, 1.82) is 0 Å². The number of hydrogen-bond donors (Lipinski definition) is 1. The number of aryl methyl sites for hydroxylation is 1. The van der Waals surface area contributed by atoms with E-state index in [-0.39, 0.29) is 11.7 Å². The third-order valence-corrected chi connectivity index (χ3v) is 4.78. The van der Waals surface area contributed by atoms with Gasteiger partial charge in [0.15, 0.2) is 10.9 Å². The lowest BCUT2D eigenvalue weighted by molar-refractivity contribution is -0.113. The number of anilines is 1. The van der Waals surface area contributed by atoms with Gasteiger partial charge in [0.05, 0.1) is 12.0 Å². The van der Waals surface area contributed by atoms with Crippen molar-refractivity contribution in [3.8, 4) is 11.6 Å². The zero-order valence-electron chi connectivity index (χ0n) is 14.1.